The van der Waals surface area contributed by atoms with Crippen LogP contribution >= 0.6 is 0 Å². The third-order valence-corrected chi connectivity index (χ3v) is 2.13. The average Bonchev–Trinajstić information content (AvgIpc) is 1.85. The summed E-state index contributed by atoms with van der Waals surface area (Å²) in [7, 11) is -3.03. The van der Waals surface area contributed by atoms with Gasteiger partial charge in [0.25, 0.3) is 0 Å². The van der Waals surface area contributed by atoms with Crippen molar-refractivity contribution in [3.63, 3.8) is 0 Å². The second-order valence-electron chi connectivity index (χ2n) is 2.62. The van der Waals surface area contributed by atoms with E-state index in [-0.39, 0.29) is 6.04 Å². The number of sulfonamides is 1. The smallest absolute Gasteiger partial charge is 0.208 e. The second kappa shape index (κ2) is 4.69. The molecule has 5 heteroatoms. The Labute approximate surface area is 68.2 Å². The van der Waals surface area contributed by atoms with Crippen LogP contribution in [0.3, 0.4) is 0 Å². The van der Waals surface area contributed by atoms with Crippen molar-refractivity contribution in [2.45, 2.75) is 25.8 Å². The fourth-order valence-corrected chi connectivity index (χ4v) is 1.12. The van der Waals surface area contributed by atoms with E-state index in [1.165, 1.54) is 0 Å². The van der Waals surface area contributed by atoms with Crippen molar-refractivity contribution >= 4 is 10.0 Å². The molecule has 11 heavy (non-hydrogen) atoms. The fraction of sp³-hybridized carbons (Fsp3) is 1.00. The Kier molecular flexibility index (Phi) is 4.63. The second-order valence-corrected chi connectivity index (χ2v) is 4.46. The van der Waals surface area contributed by atoms with Crippen molar-refractivity contribution in [3.8, 4) is 0 Å². The number of nitrogens with two attached hydrogens (primary N) is 1. The molecule has 0 saturated carbocycles. The number of nitrogens with one attached hydrogen (secondary N) is 1. The lowest BCUT2D eigenvalue weighted by molar-refractivity contribution is 0.562. The van der Waals surface area contributed by atoms with Gasteiger partial charge in [-0.3, -0.25) is 0 Å². The summed E-state index contributed by atoms with van der Waals surface area (Å²) in [5.41, 5.74) is 5.57. The van der Waals surface area contributed by atoms with Crippen LogP contribution in [0.4, 0.5) is 0 Å². The van der Waals surface area contributed by atoms with Crippen LogP contribution in [0.5, 0.6) is 0 Å². The molecule has 0 bridgehead atoms. The maximum atomic E-state index is 10.5. The monoisotopic (exact) mass is 180 g/mol. The molecular weight excluding hydrogens is 164 g/mol. The summed E-state index contributed by atoms with van der Waals surface area (Å²) in [5, 5.41) is 0. The first-order valence-corrected chi connectivity index (χ1v) is 5.55. The highest BCUT2D eigenvalue weighted by Gasteiger charge is 2.02. The van der Waals surface area contributed by atoms with Crippen LogP contribution in [0.15, 0.2) is 0 Å². The molecule has 4 nitrogen and oxygen atoms in total. The molecule has 0 fully saturated rings. The van der Waals surface area contributed by atoms with E-state index in [1.54, 1.807) is 0 Å². The molecule has 1 unspecified atom stereocenters. The zero-order chi connectivity index (χ0) is 8.91. The van der Waals surface area contributed by atoms with Gasteiger partial charge in [-0.25, -0.2) is 13.1 Å². The summed E-state index contributed by atoms with van der Waals surface area (Å²) < 4.78 is 23.5. The van der Waals surface area contributed by atoms with Crippen molar-refractivity contribution < 1.29 is 8.42 Å². The van der Waals surface area contributed by atoms with E-state index in [0.717, 1.165) is 12.7 Å². The first-order valence-electron chi connectivity index (χ1n) is 3.66. The topological polar surface area (TPSA) is 72.2 Å². The van der Waals surface area contributed by atoms with Gasteiger partial charge in [-0.15, -0.1) is 0 Å². The minimum absolute atomic E-state index is 0.101. The number of hydrogen-bond donors (Lipinski definition) is 2. The molecule has 0 aromatic rings. The molecule has 0 aromatic heterocycles. The van der Waals surface area contributed by atoms with Gasteiger partial charge in [0.05, 0.1) is 6.26 Å². The van der Waals surface area contributed by atoms with Crippen LogP contribution in [-0.2, 0) is 10.0 Å². The molecule has 0 aliphatic heterocycles. The van der Waals surface area contributed by atoms with Crippen LogP contribution < -0.4 is 10.5 Å². The van der Waals surface area contributed by atoms with Gasteiger partial charge in [0.1, 0.15) is 0 Å². The third-order valence-electron chi connectivity index (χ3n) is 1.40. The van der Waals surface area contributed by atoms with E-state index in [0.29, 0.717) is 13.0 Å². The lowest BCUT2D eigenvalue weighted by atomic mass is 10.2. The van der Waals surface area contributed by atoms with Crippen molar-refractivity contribution in [2.75, 3.05) is 12.8 Å². The van der Waals surface area contributed by atoms with E-state index in [9.17, 15) is 8.42 Å². The Bertz CT molecular complexity index is 189. The number of rotatable bonds is 5. The fourth-order valence-electron chi connectivity index (χ4n) is 0.634. The first kappa shape index (κ1) is 10.9. The van der Waals surface area contributed by atoms with Crippen LogP contribution in [0, 0.1) is 0 Å². The van der Waals surface area contributed by atoms with Gasteiger partial charge in [-0.1, -0.05) is 6.92 Å². The standard InChI is InChI=1S/C6H16N2O2S/c1-3-6(7)4-5-8-11(2,9)10/h6,8H,3-5,7H2,1-2H3. The van der Waals surface area contributed by atoms with Gasteiger partial charge < -0.3 is 5.73 Å². The Balaban J connectivity index is 3.43. The van der Waals surface area contributed by atoms with Gasteiger partial charge in [0.2, 0.25) is 10.0 Å². The Morgan fingerprint density at radius 1 is 1.55 bits per heavy atom. The Morgan fingerprint density at radius 2 is 2.09 bits per heavy atom. The van der Waals surface area contributed by atoms with E-state index in [1.807, 2.05) is 6.92 Å². The van der Waals surface area contributed by atoms with E-state index in [2.05, 4.69) is 4.72 Å². The summed E-state index contributed by atoms with van der Waals surface area (Å²) in [4.78, 5) is 0. The van der Waals surface area contributed by atoms with Gasteiger partial charge in [-0.2, -0.15) is 0 Å². The summed E-state index contributed by atoms with van der Waals surface area (Å²) in [6, 6.07) is 0.101. The number of hydrogen-bond acceptors (Lipinski definition) is 3. The molecule has 0 spiro atoms. The van der Waals surface area contributed by atoms with E-state index < -0.39 is 10.0 Å². The summed E-state index contributed by atoms with van der Waals surface area (Å²) in [6.07, 6.45) is 2.72. The zero-order valence-electron chi connectivity index (χ0n) is 7.00. The van der Waals surface area contributed by atoms with Crippen molar-refractivity contribution in [2.24, 2.45) is 5.73 Å². The normalized spacial score (nSPS) is 14.8. The highest BCUT2D eigenvalue weighted by atomic mass is 32.2. The summed E-state index contributed by atoms with van der Waals surface area (Å²) >= 11 is 0. The molecule has 0 radical (unpaired) electrons. The maximum Gasteiger partial charge on any atom is 0.208 e. The minimum Gasteiger partial charge on any atom is -0.328 e. The summed E-state index contributed by atoms with van der Waals surface area (Å²) in [5.74, 6) is 0. The molecule has 0 aliphatic carbocycles. The molecule has 0 rings (SSSR count). The maximum absolute atomic E-state index is 10.5. The summed E-state index contributed by atoms with van der Waals surface area (Å²) in [6.45, 7) is 2.42. The minimum atomic E-state index is -3.03. The molecule has 0 heterocycles. The average molecular weight is 180 g/mol. The molecule has 0 aromatic carbocycles. The third kappa shape index (κ3) is 7.77. The van der Waals surface area contributed by atoms with Crippen LogP contribution in [0.1, 0.15) is 19.8 Å². The Hall–Kier alpha value is -0.130. The van der Waals surface area contributed by atoms with Gasteiger partial charge in [-0.05, 0) is 12.8 Å². The lowest BCUT2D eigenvalue weighted by Crippen LogP contribution is -2.29. The molecule has 0 amide bonds. The van der Waals surface area contributed by atoms with Crippen LogP contribution in [0.2, 0.25) is 0 Å². The highest BCUT2D eigenvalue weighted by Crippen LogP contribution is 1.91. The van der Waals surface area contributed by atoms with Crippen molar-refractivity contribution in [1.29, 1.82) is 0 Å². The Morgan fingerprint density at radius 3 is 2.45 bits per heavy atom. The van der Waals surface area contributed by atoms with Crippen LogP contribution in [0.25, 0.3) is 0 Å². The van der Waals surface area contributed by atoms with E-state index >= 15 is 0 Å². The van der Waals surface area contributed by atoms with Gasteiger partial charge in [0, 0.05) is 12.6 Å². The molecule has 68 valence electrons. The van der Waals surface area contributed by atoms with Gasteiger partial charge in [0.15, 0.2) is 0 Å². The quantitative estimate of drug-likeness (QED) is 0.608. The predicted molar refractivity (Wildman–Crippen MR) is 45.7 cm³/mol. The zero-order valence-corrected chi connectivity index (χ0v) is 7.82. The molecule has 1 atom stereocenters. The molecule has 0 saturated heterocycles. The van der Waals surface area contributed by atoms with E-state index in [4.69, 9.17) is 5.73 Å². The first-order chi connectivity index (χ1) is 4.95. The lowest BCUT2D eigenvalue weighted by Gasteiger charge is -2.07. The van der Waals surface area contributed by atoms with Crippen molar-refractivity contribution in [1.82, 2.24) is 4.72 Å². The van der Waals surface area contributed by atoms with Crippen LogP contribution in [-0.4, -0.2) is 27.3 Å². The largest absolute Gasteiger partial charge is 0.328 e. The predicted octanol–water partition coefficient (Wildman–Crippen LogP) is -0.337. The molecule has 0 aliphatic rings. The van der Waals surface area contributed by atoms with Gasteiger partial charge >= 0.3 is 0 Å². The van der Waals surface area contributed by atoms with Crippen molar-refractivity contribution in [3.05, 3.63) is 0 Å². The molecular formula is C6H16N2O2S. The SMILES string of the molecule is CCC(N)CCNS(C)(=O)=O. The molecule has 3 N–H and O–H groups in total. The highest BCUT2D eigenvalue weighted by molar-refractivity contribution is 7.88.